The van der Waals surface area contributed by atoms with Crippen LogP contribution in [0.15, 0.2) is 94.6 Å². The zero-order valence-electron chi connectivity index (χ0n) is 23.2. The number of epoxide rings is 1. The molecule has 0 unspecified atom stereocenters. The van der Waals surface area contributed by atoms with Gasteiger partial charge >= 0.3 is 5.69 Å². The first-order valence-electron chi connectivity index (χ1n) is 13.5. The van der Waals surface area contributed by atoms with Crippen molar-refractivity contribution in [3.8, 4) is 11.5 Å². The van der Waals surface area contributed by atoms with Gasteiger partial charge in [0.05, 0.1) is 27.4 Å². The Balaban J connectivity index is 1.40. The van der Waals surface area contributed by atoms with Crippen LogP contribution in [-0.2, 0) is 19.8 Å². The highest BCUT2D eigenvalue weighted by Gasteiger charge is 2.60. The van der Waals surface area contributed by atoms with E-state index in [0.29, 0.717) is 18.6 Å². The number of aryl methyl sites for hydroxylation is 1. The minimum absolute atomic E-state index is 0.181. The lowest BCUT2D eigenvalue weighted by Crippen LogP contribution is -2.39. The number of H-pyrrole nitrogens is 1. The van der Waals surface area contributed by atoms with Gasteiger partial charge in [0.2, 0.25) is 0 Å². The van der Waals surface area contributed by atoms with Gasteiger partial charge in [0, 0.05) is 18.2 Å². The second-order valence-corrected chi connectivity index (χ2v) is 10.4. The molecule has 3 heterocycles. The van der Waals surface area contributed by atoms with Gasteiger partial charge in [-0.2, -0.15) is 0 Å². The van der Waals surface area contributed by atoms with Crippen LogP contribution in [0.4, 0.5) is 0 Å². The largest absolute Gasteiger partial charge is 0.497 e. The first-order valence-corrected chi connectivity index (χ1v) is 13.5. The van der Waals surface area contributed by atoms with E-state index in [0.717, 1.165) is 28.2 Å². The van der Waals surface area contributed by atoms with Crippen LogP contribution in [-0.4, -0.2) is 48.7 Å². The third-order valence-corrected chi connectivity index (χ3v) is 8.02. The Morgan fingerprint density at radius 1 is 0.902 bits per heavy atom. The number of methoxy groups -OCH3 is 2. The third-order valence-electron chi connectivity index (χ3n) is 8.02. The number of aromatic nitrogens is 2. The molecular formula is C32H32N2O7. The number of aromatic amines is 1. The van der Waals surface area contributed by atoms with E-state index < -0.39 is 34.8 Å². The van der Waals surface area contributed by atoms with Crippen molar-refractivity contribution in [2.24, 2.45) is 0 Å². The van der Waals surface area contributed by atoms with E-state index in [2.05, 4.69) is 4.98 Å². The van der Waals surface area contributed by atoms with Gasteiger partial charge < -0.3 is 23.7 Å². The molecule has 1 aromatic heterocycles. The molecule has 3 aromatic carbocycles. The molecule has 2 fully saturated rings. The lowest BCUT2D eigenvalue weighted by molar-refractivity contribution is -0.0875. The summed E-state index contributed by atoms with van der Waals surface area (Å²) in [6, 6.07) is 25.7. The van der Waals surface area contributed by atoms with Crippen molar-refractivity contribution in [3.63, 3.8) is 0 Å². The molecule has 0 aliphatic carbocycles. The highest BCUT2D eigenvalue weighted by molar-refractivity contribution is 5.49. The molecule has 0 saturated carbocycles. The molecular weight excluding hydrogens is 524 g/mol. The van der Waals surface area contributed by atoms with E-state index in [-0.39, 0.29) is 6.61 Å². The standard InChI is InChI=1S/C32H32N2O7/c1-21-18-34(30(36)33-29(21)35)28-17-31(20-40-31)27(41-28)19-39-32(22-7-5-4-6-8-22,23-9-13-25(37-2)14-10-23)24-11-15-26(38-3)16-12-24/h4-16,18,27-28H,17,19-20H2,1-3H3,(H,33,35,36)/t27-,28-,31-/m1/s1. The van der Waals surface area contributed by atoms with Crippen LogP contribution in [0.25, 0.3) is 0 Å². The fourth-order valence-corrected chi connectivity index (χ4v) is 5.62. The molecule has 3 atom stereocenters. The molecule has 9 heteroatoms. The number of ether oxygens (including phenoxy) is 5. The van der Waals surface area contributed by atoms with Crippen LogP contribution in [0.3, 0.4) is 0 Å². The maximum absolute atomic E-state index is 12.6. The molecule has 2 aliphatic rings. The van der Waals surface area contributed by atoms with E-state index in [4.69, 9.17) is 23.7 Å². The summed E-state index contributed by atoms with van der Waals surface area (Å²) in [4.78, 5) is 26.9. The second-order valence-electron chi connectivity index (χ2n) is 10.4. The van der Waals surface area contributed by atoms with Crippen molar-refractivity contribution < 1.29 is 23.7 Å². The van der Waals surface area contributed by atoms with Crippen LogP contribution in [0.5, 0.6) is 11.5 Å². The number of nitrogens with one attached hydrogen (secondary N) is 1. The Bertz CT molecular complexity index is 1580. The second kappa shape index (κ2) is 10.7. The van der Waals surface area contributed by atoms with Gasteiger partial charge in [-0.05, 0) is 47.9 Å². The van der Waals surface area contributed by atoms with Gasteiger partial charge in [0.15, 0.2) is 0 Å². The van der Waals surface area contributed by atoms with Gasteiger partial charge in [0.25, 0.3) is 5.56 Å². The van der Waals surface area contributed by atoms with Gasteiger partial charge in [-0.3, -0.25) is 14.3 Å². The molecule has 0 radical (unpaired) electrons. The summed E-state index contributed by atoms with van der Waals surface area (Å²) in [7, 11) is 3.27. The maximum Gasteiger partial charge on any atom is 0.330 e. The topological polar surface area (TPSA) is 104 Å². The van der Waals surface area contributed by atoms with Crippen molar-refractivity contribution in [2.45, 2.75) is 36.9 Å². The summed E-state index contributed by atoms with van der Waals surface area (Å²) in [6.45, 7) is 2.34. The van der Waals surface area contributed by atoms with Crippen LogP contribution >= 0.6 is 0 Å². The monoisotopic (exact) mass is 556 g/mol. The molecule has 6 rings (SSSR count). The van der Waals surface area contributed by atoms with Gasteiger partial charge in [-0.1, -0.05) is 54.6 Å². The first kappa shape index (κ1) is 27.0. The first-order chi connectivity index (χ1) is 19.9. The van der Waals surface area contributed by atoms with Crippen LogP contribution in [0, 0.1) is 6.92 Å². The molecule has 212 valence electrons. The zero-order chi connectivity index (χ0) is 28.6. The highest BCUT2D eigenvalue weighted by atomic mass is 16.7. The molecule has 4 aromatic rings. The zero-order valence-corrected chi connectivity index (χ0v) is 23.2. The molecule has 1 N–H and O–H groups in total. The van der Waals surface area contributed by atoms with Gasteiger partial charge in [-0.15, -0.1) is 0 Å². The summed E-state index contributed by atoms with van der Waals surface area (Å²) >= 11 is 0. The minimum Gasteiger partial charge on any atom is -0.497 e. The fraction of sp³-hybridized carbons (Fsp3) is 0.312. The number of benzene rings is 3. The van der Waals surface area contributed by atoms with E-state index in [1.165, 1.54) is 10.8 Å². The predicted octanol–water partition coefficient (Wildman–Crippen LogP) is 3.93. The third kappa shape index (κ3) is 4.86. The minimum atomic E-state index is -1.01. The van der Waals surface area contributed by atoms with Gasteiger partial charge in [-0.25, -0.2) is 4.79 Å². The number of hydrogen-bond acceptors (Lipinski definition) is 7. The Morgan fingerprint density at radius 2 is 1.46 bits per heavy atom. The predicted molar refractivity (Wildman–Crippen MR) is 152 cm³/mol. The SMILES string of the molecule is COc1ccc(C(OC[C@H]2O[C@@H](n3cc(C)c(=O)[nH]c3=O)C[C@@]23CO3)(c2ccccc2)c2ccc(OC)cc2)cc1. The number of rotatable bonds is 9. The molecule has 2 aliphatic heterocycles. The van der Waals surface area contributed by atoms with Crippen molar-refractivity contribution in [1.82, 2.24) is 9.55 Å². The van der Waals surface area contributed by atoms with Crippen LogP contribution < -0.4 is 20.7 Å². The summed E-state index contributed by atoms with van der Waals surface area (Å²) in [5.74, 6) is 1.47. The molecule has 0 bridgehead atoms. The van der Waals surface area contributed by atoms with Crippen molar-refractivity contribution >= 4 is 0 Å². The summed E-state index contributed by atoms with van der Waals surface area (Å²) in [5, 5.41) is 0. The van der Waals surface area contributed by atoms with Crippen molar-refractivity contribution in [2.75, 3.05) is 27.4 Å². The quantitative estimate of drug-likeness (QED) is 0.246. The average Bonchev–Trinajstić information content (AvgIpc) is 3.70. The molecule has 2 saturated heterocycles. The average molecular weight is 557 g/mol. The van der Waals surface area contributed by atoms with E-state index in [1.807, 2.05) is 78.9 Å². The Hall–Kier alpha value is -4.18. The smallest absolute Gasteiger partial charge is 0.330 e. The lowest BCUT2D eigenvalue weighted by Gasteiger charge is -2.37. The van der Waals surface area contributed by atoms with Crippen LogP contribution in [0.2, 0.25) is 0 Å². The maximum atomic E-state index is 12.6. The lowest BCUT2D eigenvalue weighted by atomic mass is 9.80. The molecule has 1 spiro atoms. The van der Waals surface area contributed by atoms with Crippen LogP contribution in [0.1, 0.15) is 34.9 Å². The molecule has 41 heavy (non-hydrogen) atoms. The van der Waals surface area contributed by atoms with Gasteiger partial charge in [0.1, 0.15) is 35.0 Å². The summed E-state index contributed by atoms with van der Waals surface area (Å²) in [6.07, 6.45) is 0.956. The number of hydrogen-bond donors (Lipinski definition) is 1. The molecule has 9 nitrogen and oxygen atoms in total. The Labute approximate surface area is 237 Å². The van der Waals surface area contributed by atoms with E-state index >= 15 is 0 Å². The van der Waals surface area contributed by atoms with Crippen molar-refractivity contribution in [3.05, 3.63) is 128 Å². The number of nitrogens with zero attached hydrogens (tertiary/aromatic N) is 1. The summed E-state index contributed by atoms with van der Waals surface area (Å²) in [5.41, 5.74) is 0.666. The van der Waals surface area contributed by atoms with E-state index in [1.54, 1.807) is 21.1 Å². The molecule has 0 amide bonds. The Morgan fingerprint density at radius 3 is 2.00 bits per heavy atom. The fourth-order valence-electron chi connectivity index (χ4n) is 5.62. The van der Waals surface area contributed by atoms with Crippen molar-refractivity contribution in [1.29, 1.82) is 0 Å². The van der Waals surface area contributed by atoms with E-state index in [9.17, 15) is 9.59 Å². The Kier molecular flexibility index (Phi) is 7.03. The summed E-state index contributed by atoms with van der Waals surface area (Å²) < 4.78 is 31.7. The normalized spacial score (nSPS) is 21.6. The highest BCUT2D eigenvalue weighted by Crippen LogP contribution is 2.49.